The quantitative estimate of drug-likeness (QED) is 0.527. The number of hydrogen-bond donors (Lipinski definition) is 3. The van der Waals surface area contributed by atoms with Gasteiger partial charge in [0.05, 0.1) is 17.4 Å². The van der Waals surface area contributed by atoms with Gasteiger partial charge in [-0.15, -0.1) is 0 Å². The molecule has 4 N–H and O–H groups in total. The molecule has 4 rings (SSSR count). The lowest BCUT2D eigenvalue weighted by Gasteiger charge is -2.01. The van der Waals surface area contributed by atoms with Crippen molar-refractivity contribution in [3.63, 3.8) is 0 Å². The molecule has 114 valence electrons. The number of hydrogen-bond acceptors (Lipinski definition) is 4. The molecule has 3 heterocycles. The van der Waals surface area contributed by atoms with Gasteiger partial charge in [0.2, 0.25) is 0 Å². The Bertz CT molecular complexity index is 1140. The van der Waals surface area contributed by atoms with E-state index >= 15 is 0 Å². The molecular formula is C16H13N5O2. The van der Waals surface area contributed by atoms with Gasteiger partial charge >= 0.3 is 0 Å². The second-order valence-corrected chi connectivity index (χ2v) is 5.34. The van der Waals surface area contributed by atoms with Crippen molar-refractivity contribution >= 4 is 39.8 Å². The number of amides is 1. The zero-order chi connectivity index (χ0) is 16.3. The zero-order valence-electron chi connectivity index (χ0n) is 12.3. The summed E-state index contributed by atoms with van der Waals surface area (Å²) in [6.45, 7) is 5.60. The molecular weight excluding hydrogens is 294 g/mol. The number of aryl methyl sites for hydroxylation is 1. The van der Waals surface area contributed by atoms with E-state index in [0.717, 1.165) is 11.1 Å². The standard InChI is InChI=1S/C16H13N5O2/c1-3-8-6-18-12-10(14(17)23)15-20-11-9(22)5-4-7(2)13(11)21(15)16(12)19-8/h3-6,20,22H,1H2,2H3,(H2,17,23). The van der Waals surface area contributed by atoms with Gasteiger partial charge in [0.25, 0.3) is 5.91 Å². The number of aromatic amines is 1. The lowest BCUT2D eigenvalue weighted by atomic mass is 10.2. The number of phenolic OH excluding ortho intramolecular Hbond substituents is 1. The highest BCUT2D eigenvalue weighted by Gasteiger charge is 2.23. The number of imidazole rings is 1. The van der Waals surface area contributed by atoms with E-state index in [9.17, 15) is 9.90 Å². The molecule has 0 aliphatic rings. The molecule has 7 heteroatoms. The fraction of sp³-hybridized carbons (Fsp3) is 0.0625. The molecule has 23 heavy (non-hydrogen) atoms. The lowest BCUT2D eigenvalue weighted by Crippen LogP contribution is -2.11. The van der Waals surface area contributed by atoms with Crippen molar-refractivity contribution in [3.05, 3.63) is 41.7 Å². The predicted molar refractivity (Wildman–Crippen MR) is 87.4 cm³/mol. The highest BCUT2D eigenvalue weighted by atomic mass is 16.3. The first-order valence-corrected chi connectivity index (χ1v) is 6.96. The Morgan fingerprint density at radius 1 is 1.48 bits per heavy atom. The van der Waals surface area contributed by atoms with Crippen molar-refractivity contribution in [2.45, 2.75) is 6.92 Å². The molecule has 7 nitrogen and oxygen atoms in total. The Labute approximate surface area is 130 Å². The van der Waals surface area contributed by atoms with Crippen LogP contribution in [0.3, 0.4) is 0 Å². The summed E-state index contributed by atoms with van der Waals surface area (Å²) in [4.78, 5) is 23.8. The van der Waals surface area contributed by atoms with Gasteiger partial charge in [0, 0.05) is 0 Å². The van der Waals surface area contributed by atoms with Crippen molar-refractivity contribution in [1.29, 1.82) is 0 Å². The average Bonchev–Trinajstić information content (AvgIpc) is 3.05. The molecule has 0 aliphatic heterocycles. The van der Waals surface area contributed by atoms with Crippen LogP contribution in [0.2, 0.25) is 0 Å². The van der Waals surface area contributed by atoms with Crippen molar-refractivity contribution in [2.24, 2.45) is 5.73 Å². The number of benzene rings is 1. The van der Waals surface area contributed by atoms with E-state index in [1.54, 1.807) is 22.6 Å². The molecule has 0 fully saturated rings. The van der Waals surface area contributed by atoms with Crippen LogP contribution in [-0.4, -0.2) is 30.4 Å². The summed E-state index contributed by atoms with van der Waals surface area (Å²) in [5.41, 5.74) is 9.91. The number of rotatable bonds is 2. The molecule has 3 aromatic heterocycles. The minimum atomic E-state index is -0.609. The van der Waals surface area contributed by atoms with Gasteiger partial charge < -0.3 is 15.8 Å². The van der Waals surface area contributed by atoms with Crippen molar-refractivity contribution in [3.8, 4) is 5.75 Å². The molecule has 0 spiro atoms. The van der Waals surface area contributed by atoms with Crippen molar-refractivity contribution < 1.29 is 9.90 Å². The highest BCUT2D eigenvalue weighted by molar-refractivity contribution is 6.12. The minimum Gasteiger partial charge on any atom is -0.506 e. The molecule has 4 aromatic rings. The summed E-state index contributed by atoms with van der Waals surface area (Å²) in [5, 5.41) is 10.1. The number of H-pyrrole nitrogens is 1. The highest BCUT2D eigenvalue weighted by Crippen LogP contribution is 2.33. The molecule has 0 bridgehead atoms. The van der Waals surface area contributed by atoms with E-state index < -0.39 is 5.91 Å². The smallest absolute Gasteiger partial charge is 0.254 e. The van der Waals surface area contributed by atoms with Gasteiger partial charge in [-0.1, -0.05) is 12.6 Å². The Balaban J connectivity index is 2.36. The third-order valence-electron chi connectivity index (χ3n) is 3.96. The van der Waals surface area contributed by atoms with Crippen LogP contribution in [0.15, 0.2) is 24.9 Å². The number of carbonyl (C=O) groups excluding carboxylic acids is 1. The largest absolute Gasteiger partial charge is 0.506 e. The van der Waals surface area contributed by atoms with Crippen LogP contribution in [0.4, 0.5) is 0 Å². The number of aromatic hydroxyl groups is 1. The van der Waals surface area contributed by atoms with Gasteiger partial charge in [-0.05, 0) is 24.6 Å². The molecule has 0 atom stereocenters. The molecule has 0 unspecified atom stereocenters. The number of nitrogens with two attached hydrogens (primary N) is 1. The predicted octanol–water partition coefficient (Wildman–Crippen LogP) is 2.12. The number of carbonyl (C=O) groups is 1. The third kappa shape index (κ3) is 1.61. The van der Waals surface area contributed by atoms with Crippen molar-refractivity contribution in [2.75, 3.05) is 0 Å². The number of primary amides is 1. The number of nitrogens with one attached hydrogen (secondary N) is 1. The second kappa shape index (κ2) is 4.33. The molecule has 0 radical (unpaired) electrons. The first-order valence-electron chi connectivity index (χ1n) is 6.96. The molecule has 0 saturated heterocycles. The van der Waals surface area contributed by atoms with E-state index in [1.165, 1.54) is 6.20 Å². The average molecular weight is 307 g/mol. The van der Waals surface area contributed by atoms with Crippen LogP contribution in [0, 0.1) is 6.92 Å². The number of phenols is 1. The van der Waals surface area contributed by atoms with E-state index in [-0.39, 0.29) is 11.3 Å². The van der Waals surface area contributed by atoms with Gasteiger partial charge in [-0.2, -0.15) is 0 Å². The van der Waals surface area contributed by atoms with Gasteiger partial charge in [0.1, 0.15) is 28.0 Å². The van der Waals surface area contributed by atoms with E-state index in [2.05, 4.69) is 21.5 Å². The fourth-order valence-corrected chi connectivity index (χ4v) is 2.94. The Hall–Kier alpha value is -3.35. The number of fused-ring (bicyclic) bond motifs is 5. The maximum Gasteiger partial charge on any atom is 0.254 e. The summed E-state index contributed by atoms with van der Waals surface area (Å²) in [6, 6.07) is 3.39. The van der Waals surface area contributed by atoms with Gasteiger partial charge in [-0.25, -0.2) is 9.97 Å². The summed E-state index contributed by atoms with van der Waals surface area (Å²) < 4.78 is 1.76. The lowest BCUT2D eigenvalue weighted by molar-refractivity contribution is 0.100. The number of aromatic nitrogens is 4. The minimum absolute atomic E-state index is 0.0886. The van der Waals surface area contributed by atoms with Crippen LogP contribution >= 0.6 is 0 Å². The first-order chi connectivity index (χ1) is 11.0. The molecule has 1 aromatic carbocycles. The maximum absolute atomic E-state index is 11.9. The van der Waals surface area contributed by atoms with Crippen LogP contribution < -0.4 is 5.73 Å². The van der Waals surface area contributed by atoms with Crippen LogP contribution in [0.1, 0.15) is 21.6 Å². The summed E-state index contributed by atoms with van der Waals surface area (Å²) in [6.07, 6.45) is 3.11. The normalized spacial score (nSPS) is 11.5. The first kappa shape index (κ1) is 13.3. The Kier molecular flexibility index (Phi) is 2.51. The monoisotopic (exact) mass is 307 g/mol. The summed E-state index contributed by atoms with van der Waals surface area (Å²) >= 11 is 0. The van der Waals surface area contributed by atoms with Crippen molar-refractivity contribution in [1.82, 2.24) is 19.4 Å². The van der Waals surface area contributed by atoms with Crippen LogP contribution in [-0.2, 0) is 0 Å². The SMILES string of the molecule is C=Cc1cnc2c(C(N)=O)c3[nH]c4c(O)ccc(C)c4n3c2n1. The topological polar surface area (TPSA) is 109 Å². The molecule has 0 saturated carbocycles. The summed E-state index contributed by atoms with van der Waals surface area (Å²) in [7, 11) is 0. The zero-order valence-corrected chi connectivity index (χ0v) is 12.3. The second-order valence-electron chi connectivity index (χ2n) is 5.34. The van der Waals surface area contributed by atoms with E-state index in [4.69, 9.17) is 5.73 Å². The van der Waals surface area contributed by atoms with Gasteiger partial charge in [0.15, 0.2) is 5.65 Å². The Morgan fingerprint density at radius 3 is 2.96 bits per heavy atom. The number of nitrogens with zero attached hydrogens (tertiary/aromatic N) is 3. The van der Waals surface area contributed by atoms with E-state index in [0.29, 0.717) is 28.0 Å². The van der Waals surface area contributed by atoms with Crippen LogP contribution in [0.25, 0.3) is 33.9 Å². The summed E-state index contributed by atoms with van der Waals surface area (Å²) in [5.74, 6) is -0.521. The Morgan fingerprint density at radius 2 is 2.26 bits per heavy atom. The third-order valence-corrected chi connectivity index (χ3v) is 3.96. The maximum atomic E-state index is 11.9. The van der Waals surface area contributed by atoms with Crippen LogP contribution in [0.5, 0.6) is 5.75 Å². The van der Waals surface area contributed by atoms with E-state index in [1.807, 2.05) is 6.92 Å². The molecule has 0 aliphatic carbocycles. The molecule has 1 amide bonds. The fourth-order valence-electron chi connectivity index (χ4n) is 2.94. The van der Waals surface area contributed by atoms with Gasteiger partial charge in [-0.3, -0.25) is 9.20 Å².